The Hall–Kier alpha value is -2.43. The molecule has 1 fully saturated rings. The molecule has 2 aliphatic heterocycles. The Bertz CT molecular complexity index is 878. The second-order valence-corrected chi connectivity index (χ2v) is 7.41. The van der Waals surface area contributed by atoms with E-state index in [2.05, 4.69) is 41.3 Å². The van der Waals surface area contributed by atoms with Crippen molar-refractivity contribution in [2.24, 2.45) is 4.99 Å². The molecule has 1 aromatic heterocycles. The van der Waals surface area contributed by atoms with Crippen LogP contribution in [0.2, 0.25) is 0 Å². The third-order valence-electron chi connectivity index (χ3n) is 5.77. The van der Waals surface area contributed by atoms with E-state index in [1.807, 2.05) is 15.8 Å². The van der Waals surface area contributed by atoms with Gasteiger partial charge >= 0.3 is 0 Å². The van der Waals surface area contributed by atoms with Crippen molar-refractivity contribution in [1.82, 2.24) is 14.5 Å². The van der Waals surface area contributed by atoms with Gasteiger partial charge in [-0.3, -0.25) is 14.4 Å². The maximum absolute atomic E-state index is 12.6. The zero-order valence-corrected chi connectivity index (χ0v) is 14.5. The van der Waals surface area contributed by atoms with Gasteiger partial charge < -0.3 is 4.90 Å². The van der Waals surface area contributed by atoms with Crippen LogP contribution >= 0.6 is 0 Å². The van der Waals surface area contributed by atoms with Crippen LogP contribution in [0.5, 0.6) is 0 Å². The first-order valence-corrected chi connectivity index (χ1v) is 9.16. The van der Waals surface area contributed by atoms with Gasteiger partial charge in [-0.1, -0.05) is 18.2 Å². The lowest BCUT2D eigenvalue weighted by atomic mass is 9.88. The normalized spacial score (nSPS) is 22.9. The van der Waals surface area contributed by atoms with E-state index in [0.29, 0.717) is 5.92 Å². The highest BCUT2D eigenvalue weighted by Crippen LogP contribution is 2.39. The fraction of sp³-hybridized carbons (Fsp3) is 0.450. The Balaban J connectivity index is 1.52. The topological polar surface area (TPSA) is 50.5 Å². The van der Waals surface area contributed by atoms with Gasteiger partial charge in [0.2, 0.25) is 5.91 Å². The molecule has 0 bridgehead atoms. The predicted molar refractivity (Wildman–Crippen MR) is 95.9 cm³/mol. The van der Waals surface area contributed by atoms with Gasteiger partial charge in [0, 0.05) is 25.1 Å². The van der Waals surface area contributed by atoms with Gasteiger partial charge in [-0.15, -0.1) is 0 Å². The van der Waals surface area contributed by atoms with Crippen LogP contribution in [0.25, 0.3) is 0 Å². The minimum atomic E-state index is 0.0872. The van der Waals surface area contributed by atoms with Crippen LogP contribution in [0.1, 0.15) is 53.6 Å². The molecule has 0 N–H and O–H groups in total. The lowest BCUT2D eigenvalue weighted by Gasteiger charge is -2.36. The number of rotatable bonds is 1. The second-order valence-electron chi connectivity index (χ2n) is 7.41. The average molecular weight is 334 g/mol. The summed E-state index contributed by atoms with van der Waals surface area (Å²) in [7, 11) is 0. The number of nitrogens with zero attached hydrogens (tertiary/aromatic N) is 4. The van der Waals surface area contributed by atoms with Gasteiger partial charge in [-0.25, -0.2) is 4.98 Å². The van der Waals surface area contributed by atoms with Gasteiger partial charge in [-0.2, -0.15) is 0 Å². The number of fused-ring (bicyclic) bond motifs is 3. The Morgan fingerprint density at radius 2 is 2.12 bits per heavy atom. The Morgan fingerprint density at radius 3 is 2.96 bits per heavy atom. The largest absolute Gasteiger partial charge is 0.333 e. The van der Waals surface area contributed by atoms with E-state index >= 15 is 0 Å². The summed E-state index contributed by atoms with van der Waals surface area (Å²) in [4.78, 5) is 23.8. The molecule has 5 heteroatoms. The first-order chi connectivity index (χ1) is 12.2. The SMILES string of the molecule is Cc1cccc2c1CCN1C(=O)CN=C(n3cnc(C4CC4)c3)CC21. The number of imidazole rings is 1. The van der Waals surface area contributed by atoms with E-state index in [4.69, 9.17) is 0 Å². The van der Waals surface area contributed by atoms with Crippen molar-refractivity contribution in [2.75, 3.05) is 13.1 Å². The first-order valence-electron chi connectivity index (χ1n) is 9.16. The Labute approximate surface area is 147 Å². The number of carbonyl (C=O) groups excluding carboxylic acids is 1. The maximum atomic E-state index is 12.6. The van der Waals surface area contributed by atoms with Crippen molar-refractivity contribution < 1.29 is 4.79 Å². The number of amides is 1. The Kier molecular flexibility index (Phi) is 3.30. The number of aliphatic imine (C=N–C) groups is 1. The third kappa shape index (κ3) is 2.49. The summed E-state index contributed by atoms with van der Waals surface area (Å²) in [6.07, 6.45) is 8.15. The first kappa shape index (κ1) is 14.9. The molecule has 1 aliphatic carbocycles. The van der Waals surface area contributed by atoms with E-state index in [1.165, 1.54) is 29.5 Å². The summed E-state index contributed by atoms with van der Waals surface area (Å²) in [5.41, 5.74) is 5.18. The highest BCUT2D eigenvalue weighted by Gasteiger charge is 2.34. The van der Waals surface area contributed by atoms with Gasteiger partial charge in [0.15, 0.2) is 0 Å². The van der Waals surface area contributed by atoms with Crippen LogP contribution < -0.4 is 0 Å². The van der Waals surface area contributed by atoms with Crippen molar-refractivity contribution >= 4 is 11.7 Å². The number of aromatic nitrogens is 2. The van der Waals surface area contributed by atoms with Crippen molar-refractivity contribution in [3.8, 4) is 0 Å². The van der Waals surface area contributed by atoms with E-state index in [-0.39, 0.29) is 18.5 Å². The standard InChI is InChI=1S/C20H22N4O/c1-13-3-2-4-16-15(13)7-8-24-18(16)9-19(21-10-20(24)25)23-11-17(22-12-23)14-5-6-14/h2-4,11-12,14,18H,5-10H2,1H3. The molecular formula is C20H22N4O. The molecule has 1 unspecified atom stereocenters. The van der Waals surface area contributed by atoms with E-state index in [9.17, 15) is 4.79 Å². The highest BCUT2D eigenvalue weighted by atomic mass is 16.2. The molecule has 5 rings (SSSR count). The summed E-state index contributed by atoms with van der Waals surface area (Å²) in [6.45, 7) is 3.20. The highest BCUT2D eigenvalue weighted by molar-refractivity contribution is 5.91. The molecule has 1 amide bonds. The number of benzene rings is 1. The summed E-state index contributed by atoms with van der Waals surface area (Å²) in [6, 6.07) is 6.54. The van der Waals surface area contributed by atoms with Crippen LogP contribution in [0.15, 0.2) is 35.7 Å². The number of hydrogen-bond donors (Lipinski definition) is 0. The van der Waals surface area contributed by atoms with Gasteiger partial charge in [0.05, 0.1) is 11.7 Å². The molecule has 3 aliphatic rings. The van der Waals surface area contributed by atoms with Crippen molar-refractivity contribution in [3.05, 3.63) is 53.1 Å². The Morgan fingerprint density at radius 1 is 1.24 bits per heavy atom. The zero-order valence-electron chi connectivity index (χ0n) is 14.5. The number of carbonyl (C=O) groups is 1. The second kappa shape index (κ2) is 5.55. The molecule has 128 valence electrons. The lowest BCUT2D eigenvalue weighted by molar-refractivity contribution is -0.132. The zero-order chi connectivity index (χ0) is 17.0. The average Bonchev–Trinajstić information content (AvgIpc) is 3.38. The fourth-order valence-electron chi connectivity index (χ4n) is 4.20. The molecule has 5 nitrogen and oxygen atoms in total. The van der Waals surface area contributed by atoms with E-state index in [0.717, 1.165) is 30.9 Å². The van der Waals surface area contributed by atoms with Crippen LogP contribution in [-0.2, 0) is 11.2 Å². The van der Waals surface area contributed by atoms with Crippen LogP contribution in [0.4, 0.5) is 0 Å². The summed E-state index contributed by atoms with van der Waals surface area (Å²) < 4.78 is 2.04. The molecule has 25 heavy (non-hydrogen) atoms. The molecule has 0 saturated heterocycles. The minimum absolute atomic E-state index is 0.0872. The molecule has 2 aromatic rings. The van der Waals surface area contributed by atoms with Crippen LogP contribution in [0, 0.1) is 6.92 Å². The molecule has 0 radical (unpaired) electrons. The number of aryl methyl sites for hydroxylation is 1. The van der Waals surface area contributed by atoms with Crippen molar-refractivity contribution in [3.63, 3.8) is 0 Å². The molecule has 1 aromatic carbocycles. The molecule has 1 saturated carbocycles. The lowest BCUT2D eigenvalue weighted by Crippen LogP contribution is -2.41. The van der Waals surface area contributed by atoms with Crippen LogP contribution in [0.3, 0.4) is 0 Å². The van der Waals surface area contributed by atoms with Crippen molar-refractivity contribution in [2.45, 2.75) is 44.6 Å². The summed E-state index contributed by atoms with van der Waals surface area (Å²) in [5, 5.41) is 0. The van der Waals surface area contributed by atoms with Crippen molar-refractivity contribution in [1.29, 1.82) is 0 Å². The number of hydrogen-bond acceptors (Lipinski definition) is 3. The molecule has 0 spiro atoms. The van der Waals surface area contributed by atoms with Gasteiger partial charge in [0.25, 0.3) is 0 Å². The van der Waals surface area contributed by atoms with E-state index in [1.54, 1.807) is 0 Å². The smallest absolute Gasteiger partial charge is 0.244 e. The monoisotopic (exact) mass is 334 g/mol. The van der Waals surface area contributed by atoms with E-state index < -0.39 is 0 Å². The van der Waals surface area contributed by atoms with Gasteiger partial charge in [0.1, 0.15) is 18.7 Å². The minimum Gasteiger partial charge on any atom is -0.333 e. The van der Waals surface area contributed by atoms with Gasteiger partial charge in [-0.05, 0) is 42.9 Å². The summed E-state index contributed by atoms with van der Waals surface area (Å²) in [5.74, 6) is 1.72. The molecular weight excluding hydrogens is 312 g/mol. The van der Waals surface area contributed by atoms with Crippen LogP contribution in [-0.4, -0.2) is 39.3 Å². The molecule has 3 heterocycles. The fourth-order valence-corrected chi connectivity index (χ4v) is 4.20. The maximum Gasteiger partial charge on any atom is 0.244 e. The third-order valence-corrected chi connectivity index (χ3v) is 5.77. The molecule has 1 atom stereocenters. The predicted octanol–water partition coefficient (Wildman–Crippen LogP) is 2.85. The quantitative estimate of drug-likeness (QED) is 0.805. The summed E-state index contributed by atoms with van der Waals surface area (Å²) >= 11 is 0.